The van der Waals surface area contributed by atoms with E-state index in [1.807, 2.05) is 13.2 Å². The van der Waals surface area contributed by atoms with Crippen molar-refractivity contribution >= 4 is 11.7 Å². The van der Waals surface area contributed by atoms with Crippen LogP contribution in [0.15, 0.2) is 48.9 Å². The molecule has 162 valence electrons. The normalized spacial score (nSPS) is 18.3. The van der Waals surface area contributed by atoms with Crippen LogP contribution in [0.5, 0.6) is 0 Å². The summed E-state index contributed by atoms with van der Waals surface area (Å²) >= 11 is 0. The maximum Gasteiger partial charge on any atom is 0.255 e. The number of aryl methyl sites for hydroxylation is 2. The first-order chi connectivity index (χ1) is 15.0. The molecule has 1 aliphatic rings. The number of pyridine rings is 1. The van der Waals surface area contributed by atoms with Crippen molar-refractivity contribution in [1.82, 2.24) is 20.1 Å². The molecule has 3 aromatic rings. The summed E-state index contributed by atoms with van der Waals surface area (Å²) in [7, 11) is 1.85. The molecule has 2 heterocycles. The molecule has 31 heavy (non-hydrogen) atoms. The van der Waals surface area contributed by atoms with Gasteiger partial charge in [-0.15, -0.1) is 0 Å². The molecule has 0 saturated heterocycles. The molecule has 4 rings (SSSR count). The van der Waals surface area contributed by atoms with Crippen molar-refractivity contribution in [3.8, 4) is 11.1 Å². The van der Waals surface area contributed by atoms with Gasteiger partial charge in [-0.1, -0.05) is 31.2 Å². The van der Waals surface area contributed by atoms with E-state index in [0.29, 0.717) is 12.2 Å². The van der Waals surface area contributed by atoms with Gasteiger partial charge in [-0.25, -0.2) is 4.98 Å². The minimum absolute atomic E-state index is 0.00933. The van der Waals surface area contributed by atoms with Crippen LogP contribution in [0.3, 0.4) is 0 Å². The number of carbonyl (C=O) groups excluding carboxylic acids is 1. The number of amides is 1. The number of aromatic nitrogens is 3. The van der Waals surface area contributed by atoms with Crippen molar-refractivity contribution in [1.29, 1.82) is 0 Å². The van der Waals surface area contributed by atoms with Crippen LogP contribution in [-0.2, 0) is 24.8 Å². The lowest BCUT2D eigenvalue weighted by Crippen LogP contribution is -2.41. The van der Waals surface area contributed by atoms with Crippen LogP contribution in [0.25, 0.3) is 11.1 Å². The summed E-state index contributed by atoms with van der Waals surface area (Å²) in [5.74, 6) is 0.00112. The van der Waals surface area contributed by atoms with E-state index in [1.54, 1.807) is 23.1 Å². The van der Waals surface area contributed by atoms with Gasteiger partial charge in [0.15, 0.2) is 0 Å². The Bertz CT molecular complexity index is 1060. The van der Waals surface area contributed by atoms with Crippen molar-refractivity contribution < 1.29 is 9.53 Å². The summed E-state index contributed by atoms with van der Waals surface area (Å²) in [6.07, 6.45) is 9.12. The molecule has 1 amide bonds. The molecular formula is C24H29N5O2. The Morgan fingerprint density at radius 2 is 2.06 bits per heavy atom. The largest absolute Gasteiger partial charge is 0.383 e. The van der Waals surface area contributed by atoms with E-state index in [4.69, 9.17) is 10.5 Å². The molecule has 7 nitrogen and oxygen atoms in total. The molecule has 2 atom stereocenters. The molecule has 2 aromatic heterocycles. The van der Waals surface area contributed by atoms with Gasteiger partial charge in [0, 0.05) is 30.6 Å². The van der Waals surface area contributed by atoms with E-state index < -0.39 is 0 Å². The zero-order valence-corrected chi connectivity index (χ0v) is 18.0. The molecule has 0 unspecified atom stereocenters. The zero-order chi connectivity index (χ0) is 21.8. The Balaban J connectivity index is 1.42. The number of nitrogens with one attached hydrogen (secondary N) is 1. The lowest BCUT2D eigenvalue weighted by Gasteiger charge is -2.22. The SMILES string of the molecule is CCc1cccc(CO[C@H]2CCC[C@@H]2NC(=O)c2cc(-c3cnn(C)c3)cnc2N)c1. The van der Waals surface area contributed by atoms with E-state index in [1.165, 1.54) is 5.56 Å². The second kappa shape index (κ2) is 9.31. The van der Waals surface area contributed by atoms with Gasteiger partial charge < -0.3 is 15.8 Å². The Hall–Kier alpha value is -3.19. The fourth-order valence-electron chi connectivity index (χ4n) is 4.06. The maximum atomic E-state index is 13.0. The van der Waals surface area contributed by atoms with Crippen LogP contribution in [0.2, 0.25) is 0 Å². The van der Waals surface area contributed by atoms with E-state index in [-0.39, 0.29) is 23.9 Å². The van der Waals surface area contributed by atoms with Gasteiger partial charge in [-0.05, 0) is 42.9 Å². The summed E-state index contributed by atoms with van der Waals surface area (Å²) in [4.78, 5) is 17.2. The van der Waals surface area contributed by atoms with E-state index in [0.717, 1.165) is 42.4 Å². The van der Waals surface area contributed by atoms with Crippen LogP contribution in [0, 0.1) is 0 Å². The summed E-state index contributed by atoms with van der Waals surface area (Å²) in [5, 5.41) is 7.30. The van der Waals surface area contributed by atoms with Gasteiger partial charge in [0.25, 0.3) is 5.91 Å². The Kier molecular flexibility index (Phi) is 6.32. The Morgan fingerprint density at radius 3 is 2.84 bits per heavy atom. The molecule has 1 aromatic carbocycles. The first-order valence-electron chi connectivity index (χ1n) is 10.8. The highest BCUT2D eigenvalue weighted by Gasteiger charge is 2.30. The van der Waals surface area contributed by atoms with Crippen molar-refractivity contribution in [2.45, 2.75) is 51.4 Å². The van der Waals surface area contributed by atoms with Gasteiger partial charge >= 0.3 is 0 Å². The lowest BCUT2D eigenvalue weighted by molar-refractivity contribution is 0.0272. The highest BCUT2D eigenvalue weighted by Crippen LogP contribution is 2.25. The number of anilines is 1. The topological polar surface area (TPSA) is 95.1 Å². The first kappa shape index (κ1) is 21.1. The minimum Gasteiger partial charge on any atom is -0.383 e. The molecule has 1 saturated carbocycles. The molecule has 0 bridgehead atoms. The van der Waals surface area contributed by atoms with Crippen molar-refractivity contribution in [2.75, 3.05) is 5.73 Å². The Morgan fingerprint density at radius 1 is 1.23 bits per heavy atom. The molecule has 1 fully saturated rings. The second-order valence-electron chi connectivity index (χ2n) is 8.09. The highest BCUT2D eigenvalue weighted by atomic mass is 16.5. The van der Waals surface area contributed by atoms with Crippen LogP contribution < -0.4 is 11.1 Å². The van der Waals surface area contributed by atoms with Gasteiger partial charge in [-0.3, -0.25) is 9.48 Å². The van der Waals surface area contributed by atoms with Gasteiger partial charge in [0.2, 0.25) is 0 Å². The third kappa shape index (κ3) is 4.94. The van der Waals surface area contributed by atoms with Crippen molar-refractivity contribution in [2.24, 2.45) is 7.05 Å². The second-order valence-corrected chi connectivity index (χ2v) is 8.09. The molecule has 3 N–H and O–H groups in total. The van der Waals surface area contributed by atoms with Crippen LogP contribution in [0.1, 0.15) is 47.7 Å². The zero-order valence-electron chi connectivity index (χ0n) is 18.0. The number of ether oxygens (including phenoxy) is 1. The predicted octanol–water partition coefficient (Wildman–Crippen LogP) is 3.49. The van der Waals surface area contributed by atoms with Crippen molar-refractivity contribution in [3.63, 3.8) is 0 Å². The van der Waals surface area contributed by atoms with E-state index in [9.17, 15) is 4.79 Å². The summed E-state index contributed by atoms with van der Waals surface area (Å²) in [6, 6.07) is 10.2. The molecule has 7 heteroatoms. The third-order valence-corrected chi connectivity index (χ3v) is 5.83. The van der Waals surface area contributed by atoms with E-state index >= 15 is 0 Å². The van der Waals surface area contributed by atoms with Gasteiger partial charge in [-0.2, -0.15) is 5.10 Å². The molecule has 1 aliphatic carbocycles. The average molecular weight is 420 g/mol. The highest BCUT2D eigenvalue weighted by molar-refractivity contribution is 5.99. The molecule has 0 aliphatic heterocycles. The van der Waals surface area contributed by atoms with Gasteiger partial charge in [0.05, 0.1) is 30.5 Å². The number of hydrogen-bond acceptors (Lipinski definition) is 5. The van der Waals surface area contributed by atoms with Crippen LogP contribution in [0.4, 0.5) is 5.82 Å². The molecule has 0 spiro atoms. The smallest absolute Gasteiger partial charge is 0.255 e. The minimum atomic E-state index is -0.218. The fourth-order valence-corrected chi connectivity index (χ4v) is 4.06. The Labute approximate surface area is 182 Å². The maximum absolute atomic E-state index is 13.0. The molecule has 0 radical (unpaired) electrons. The number of hydrogen-bond donors (Lipinski definition) is 2. The number of nitrogens with zero attached hydrogens (tertiary/aromatic N) is 3. The first-order valence-corrected chi connectivity index (χ1v) is 10.8. The monoisotopic (exact) mass is 419 g/mol. The quantitative estimate of drug-likeness (QED) is 0.611. The summed E-state index contributed by atoms with van der Waals surface area (Å²) in [6.45, 7) is 2.69. The summed E-state index contributed by atoms with van der Waals surface area (Å²) < 4.78 is 7.90. The van der Waals surface area contributed by atoms with Crippen LogP contribution >= 0.6 is 0 Å². The number of carbonyl (C=O) groups is 1. The number of nitrogen functional groups attached to an aromatic ring is 1. The van der Waals surface area contributed by atoms with Crippen molar-refractivity contribution in [3.05, 3.63) is 65.6 Å². The fraction of sp³-hybridized carbons (Fsp3) is 0.375. The van der Waals surface area contributed by atoms with E-state index in [2.05, 4.69) is 46.6 Å². The average Bonchev–Trinajstić information content (AvgIpc) is 3.41. The summed E-state index contributed by atoms with van der Waals surface area (Å²) in [5.41, 5.74) is 10.6. The lowest BCUT2D eigenvalue weighted by atomic mass is 10.1. The number of rotatable bonds is 7. The van der Waals surface area contributed by atoms with Gasteiger partial charge in [0.1, 0.15) is 5.82 Å². The van der Waals surface area contributed by atoms with Crippen LogP contribution in [-0.4, -0.2) is 32.8 Å². The molecular weight excluding hydrogens is 390 g/mol. The standard InChI is InChI=1S/C24H29N5O2/c1-3-16-6-4-7-17(10-16)15-31-22-9-5-8-21(22)28-24(30)20-11-18(12-26-23(20)25)19-13-27-29(2)14-19/h4,6-7,10-14,21-22H,3,5,8-9,15H2,1-2H3,(H2,25,26)(H,28,30)/t21-,22-/m0/s1. The number of nitrogens with two attached hydrogens (primary N) is 1. The third-order valence-electron chi connectivity index (χ3n) is 5.83. The predicted molar refractivity (Wildman–Crippen MR) is 120 cm³/mol. The number of benzene rings is 1.